The second-order valence-electron chi connectivity index (χ2n) is 10.3. The smallest absolute Gasteiger partial charge is 0.275 e. The molecule has 3 heterocycles. The van der Waals surface area contributed by atoms with Crippen LogP contribution in [0.2, 0.25) is 0 Å². The molecular formula is C27H33N3O2S. The average molecular weight is 464 g/mol. The molecule has 174 valence electrons. The molecule has 1 aliphatic heterocycles. The summed E-state index contributed by atoms with van der Waals surface area (Å²) in [6.07, 6.45) is 3.33. The fraction of sp³-hybridized carbons (Fsp3) is 0.481. The third-order valence-corrected chi connectivity index (χ3v) is 8.86. The zero-order chi connectivity index (χ0) is 23.5. The van der Waals surface area contributed by atoms with Gasteiger partial charge in [-0.15, -0.1) is 11.3 Å². The minimum atomic E-state index is -1.03. The van der Waals surface area contributed by atoms with Gasteiger partial charge in [-0.1, -0.05) is 44.4 Å². The number of nitrogens with zero attached hydrogens (tertiary/aromatic N) is 2. The fourth-order valence-electron chi connectivity index (χ4n) is 5.76. The molecule has 4 unspecified atom stereocenters. The zero-order valence-corrected chi connectivity index (χ0v) is 21.0. The van der Waals surface area contributed by atoms with Gasteiger partial charge >= 0.3 is 0 Å². The highest BCUT2D eigenvalue weighted by Crippen LogP contribution is 2.39. The number of thiophene rings is 1. The van der Waals surface area contributed by atoms with Gasteiger partial charge < -0.3 is 9.88 Å². The Bertz CT molecular complexity index is 1240. The van der Waals surface area contributed by atoms with E-state index in [1.165, 1.54) is 6.42 Å². The summed E-state index contributed by atoms with van der Waals surface area (Å²) in [5, 5.41) is 5.42. The van der Waals surface area contributed by atoms with Crippen molar-refractivity contribution in [2.24, 2.45) is 11.8 Å². The molecule has 33 heavy (non-hydrogen) atoms. The van der Waals surface area contributed by atoms with Crippen molar-refractivity contribution in [3.05, 3.63) is 52.5 Å². The third-order valence-electron chi connectivity index (χ3n) is 8.01. The minimum Gasteiger partial charge on any atom is -0.351 e. The van der Waals surface area contributed by atoms with Gasteiger partial charge in [-0.2, -0.15) is 0 Å². The molecule has 1 aliphatic carbocycles. The molecule has 6 heteroatoms. The number of fused-ring (bicyclic) bond motifs is 3. The fourth-order valence-corrected chi connectivity index (χ4v) is 6.58. The Balaban J connectivity index is 1.60. The molecule has 0 radical (unpaired) electrons. The van der Waals surface area contributed by atoms with E-state index < -0.39 is 5.54 Å². The molecule has 0 bridgehead atoms. The first-order valence-electron chi connectivity index (χ1n) is 12.0. The summed E-state index contributed by atoms with van der Waals surface area (Å²) in [6.45, 7) is 10.9. The van der Waals surface area contributed by atoms with Crippen LogP contribution in [0.25, 0.3) is 10.2 Å². The predicted molar refractivity (Wildman–Crippen MR) is 135 cm³/mol. The molecule has 2 aliphatic rings. The van der Waals surface area contributed by atoms with E-state index in [4.69, 9.17) is 0 Å². The standard InChI is InChI=1S/C27H33N3O2S/c1-16-9-10-21(18(3)13-16)30-25(31)23-14-24-22(11-12-33-24)29(23)15-27(30,5)26(32)28-20-8-6-7-17(2)19(20)4/h9-14,17,19-20H,6-8,15H2,1-5H3,(H,28,32). The molecule has 0 spiro atoms. The van der Waals surface area contributed by atoms with Crippen LogP contribution < -0.4 is 10.2 Å². The number of benzene rings is 1. The van der Waals surface area contributed by atoms with Gasteiger partial charge in [0.1, 0.15) is 11.2 Å². The summed E-state index contributed by atoms with van der Waals surface area (Å²) in [5.74, 6) is 0.830. The van der Waals surface area contributed by atoms with Crippen molar-refractivity contribution in [3.8, 4) is 0 Å². The number of nitrogens with one attached hydrogen (secondary N) is 1. The second kappa shape index (κ2) is 8.01. The molecule has 4 atom stereocenters. The highest BCUT2D eigenvalue weighted by molar-refractivity contribution is 7.17. The van der Waals surface area contributed by atoms with Gasteiger partial charge in [-0.25, -0.2) is 0 Å². The number of anilines is 1. The lowest BCUT2D eigenvalue weighted by Gasteiger charge is -2.46. The van der Waals surface area contributed by atoms with Crippen molar-refractivity contribution in [1.82, 2.24) is 9.88 Å². The Hall–Kier alpha value is -2.60. The molecule has 1 fully saturated rings. The Morgan fingerprint density at radius 1 is 1.15 bits per heavy atom. The van der Waals surface area contributed by atoms with Crippen molar-refractivity contribution >= 4 is 39.1 Å². The number of carbonyl (C=O) groups excluding carboxylic acids is 2. The van der Waals surface area contributed by atoms with Crippen LogP contribution in [0.15, 0.2) is 35.7 Å². The number of aryl methyl sites for hydroxylation is 2. The molecule has 0 saturated heterocycles. The van der Waals surface area contributed by atoms with Crippen LogP contribution in [-0.2, 0) is 11.3 Å². The summed E-state index contributed by atoms with van der Waals surface area (Å²) in [6, 6.07) is 10.2. The van der Waals surface area contributed by atoms with E-state index in [1.807, 2.05) is 55.0 Å². The van der Waals surface area contributed by atoms with E-state index in [0.717, 1.165) is 39.9 Å². The number of aromatic nitrogens is 1. The van der Waals surface area contributed by atoms with Crippen LogP contribution in [0, 0.1) is 25.7 Å². The maximum Gasteiger partial charge on any atom is 0.275 e. The van der Waals surface area contributed by atoms with Gasteiger partial charge in [0.2, 0.25) is 5.91 Å². The zero-order valence-electron chi connectivity index (χ0n) is 20.1. The molecule has 3 aromatic rings. The Kier molecular flexibility index (Phi) is 5.39. The lowest BCUT2D eigenvalue weighted by molar-refractivity contribution is -0.128. The van der Waals surface area contributed by atoms with Crippen molar-refractivity contribution in [1.29, 1.82) is 0 Å². The molecule has 5 rings (SSSR count). The SMILES string of the molecule is Cc1ccc(N2C(=O)c3cc4sccc4n3CC2(C)C(=O)NC2CCCC(C)C2C)c(C)c1. The van der Waals surface area contributed by atoms with Crippen molar-refractivity contribution in [3.63, 3.8) is 0 Å². The monoisotopic (exact) mass is 463 g/mol. The van der Waals surface area contributed by atoms with E-state index in [9.17, 15) is 9.59 Å². The normalized spacial score (nSPS) is 27.6. The molecule has 2 amide bonds. The van der Waals surface area contributed by atoms with Gasteiger partial charge in [-0.05, 0) is 68.2 Å². The van der Waals surface area contributed by atoms with E-state index in [2.05, 4.69) is 25.2 Å². The summed E-state index contributed by atoms with van der Waals surface area (Å²) in [7, 11) is 0. The van der Waals surface area contributed by atoms with Gasteiger partial charge in [0, 0.05) is 11.7 Å². The molecule has 1 saturated carbocycles. The van der Waals surface area contributed by atoms with E-state index in [0.29, 0.717) is 24.1 Å². The highest BCUT2D eigenvalue weighted by Gasteiger charge is 2.49. The first-order valence-corrected chi connectivity index (χ1v) is 12.9. The number of rotatable bonds is 3. The van der Waals surface area contributed by atoms with Crippen LogP contribution in [0.5, 0.6) is 0 Å². The summed E-state index contributed by atoms with van der Waals surface area (Å²) < 4.78 is 3.12. The van der Waals surface area contributed by atoms with Crippen molar-refractivity contribution < 1.29 is 9.59 Å². The molecule has 1 aromatic carbocycles. The number of carbonyl (C=O) groups is 2. The summed E-state index contributed by atoms with van der Waals surface area (Å²) in [5.41, 5.74) is 3.61. The van der Waals surface area contributed by atoms with Crippen molar-refractivity contribution in [2.45, 2.75) is 72.0 Å². The lowest BCUT2D eigenvalue weighted by atomic mass is 9.77. The number of amides is 2. The highest BCUT2D eigenvalue weighted by atomic mass is 32.1. The largest absolute Gasteiger partial charge is 0.351 e. The molecule has 5 nitrogen and oxygen atoms in total. The van der Waals surface area contributed by atoms with Crippen molar-refractivity contribution in [2.75, 3.05) is 4.90 Å². The predicted octanol–water partition coefficient (Wildman–Crippen LogP) is 5.68. The summed E-state index contributed by atoms with van der Waals surface area (Å²) >= 11 is 1.63. The number of hydrogen-bond donors (Lipinski definition) is 1. The Labute approximate surface area is 199 Å². The van der Waals surface area contributed by atoms with Crippen LogP contribution >= 0.6 is 11.3 Å². The van der Waals surface area contributed by atoms with Gasteiger partial charge in [0.15, 0.2) is 0 Å². The Morgan fingerprint density at radius 2 is 1.94 bits per heavy atom. The number of hydrogen-bond acceptors (Lipinski definition) is 3. The lowest BCUT2D eigenvalue weighted by Crippen LogP contribution is -2.66. The summed E-state index contributed by atoms with van der Waals surface area (Å²) in [4.78, 5) is 29.8. The van der Waals surface area contributed by atoms with Crippen LogP contribution in [0.3, 0.4) is 0 Å². The van der Waals surface area contributed by atoms with Gasteiger partial charge in [0.25, 0.3) is 5.91 Å². The third kappa shape index (κ3) is 3.50. The van der Waals surface area contributed by atoms with E-state index in [-0.39, 0.29) is 17.9 Å². The molecule has 1 N–H and O–H groups in total. The van der Waals surface area contributed by atoms with E-state index >= 15 is 0 Å². The van der Waals surface area contributed by atoms with Gasteiger partial charge in [-0.3, -0.25) is 14.5 Å². The first-order chi connectivity index (χ1) is 15.7. The van der Waals surface area contributed by atoms with Crippen LogP contribution in [-0.4, -0.2) is 28.0 Å². The second-order valence-corrected chi connectivity index (χ2v) is 11.3. The maximum atomic E-state index is 14.0. The topological polar surface area (TPSA) is 54.3 Å². The van der Waals surface area contributed by atoms with Crippen LogP contribution in [0.1, 0.15) is 61.6 Å². The average Bonchev–Trinajstić information content (AvgIpc) is 3.35. The van der Waals surface area contributed by atoms with Crippen LogP contribution in [0.4, 0.5) is 5.69 Å². The maximum absolute atomic E-state index is 14.0. The van der Waals surface area contributed by atoms with E-state index in [1.54, 1.807) is 16.2 Å². The Morgan fingerprint density at radius 3 is 2.70 bits per heavy atom. The first kappa shape index (κ1) is 22.2. The molecular weight excluding hydrogens is 430 g/mol. The minimum absolute atomic E-state index is 0.0653. The van der Waals surface area contributed by atoms with Gasteiger partial charge in [0.05, 0.1) is 16.8 Å². The molecule has 2 aromatic heterocycles. The quantitative estimate of drug-likeness (QED) is 0.543.